The summed E-state index contributed by atoms with van der Waals surface area (Å²) in [5, 5.41) is 8.91. The van der Waals surface area contributed by atoms with Gasteiger partial charge in [0.05, 0.1) is 5.02 Å². The predicted octanol–water partition coefficient (Wildman–Crippen LogP) is 3.28. The van der Waals surface area contributed by atoms with Crippen LogP contribution in [0.4, 0.5) is 4.39 Å². The third-order valence-corrected chi connectivity index (χ3v) is 2.52. The number of benzene rings is 1. The Morgan fingerprint density at radius 3 is 2.67 bits per heavy atom. The molecule has 0 radical (unpaired) electrons. The number of hydrogen-bond acceptors (Lipinski definition) is 1. The van der Waals surface area contributed by atoms with Gasteiger partial charge in [-0.1, -0.05) is 17.7 Å². The SMILES string of the molecule is C/C(=C\c1c(F)ccc(C)c1Cl)C(=O)O. The van der Waals surface area contributed by atoms with Crippen LogP contribution in [-0.4, -0.2) is 11.1 Å². The fourth-order valence-electron chi connectivity index (χ4n) is 1.09. The first-order valence-corrected chi connectivity index (χ1v) is 4.67. The number of hydrogen-bond donors (Lipinski definition) is 1. The molecule has 0 aliphatic heterocycles. The van der Waals surface area contributed by atoms with Gasteiger partial charge in [0.1, 0.15) is 5.82 Å². The van der Waals surface area contributed by atoms with Crippen LogP contribution in [0.25, 0.3) is 6.08 Å². The number of aliphatic carboxylic acids is 1. The number of halogens is 2. The Balaban J connectivity index is 3.32. The Bertz CT molecular complexity index is 438. The molecular formula is C11H10ClFO2. The molecule has 0 aromatic heterocycles. The second-order valence-electron chi connectivity index (χ2n) is 3.22. The van der Waals surface area contributed by atoms with Crippen LogP contribution in [0.2, 0.25) is 5.02 Å². The first-order valence-electron chi connectivity index (χ1n) is 4.29. The molecule has 0 bridgehead atoms. The first kappa shape index (κ1) is 11.7. The van der Waals surface area contributed by atoms with Gasteiger partial charge >= 0.3 is 5.97 Å². The maximum absolute atomic E-state index is 13.3. The van der Waals surface area contributed by atoms with Crippen molar-refractivity contribution in [2.75, 3.05) is 0 Å². The monoisotopic (exact) mass is 228 g/mol. The molecule has 2 nitrogen and oxygen atoms in total. The van der Waals surface area contributed by atoms with Gasteiger partial charge < -0.3 is 5.11 Å². The lowest BCUT2D eigenvalue weighted by Crippen LogP contribution is -1.97. The quantitative estimate of drug-likeness (QED) is 0.789. The normalized spacial score (nSPS) is 11.6. The topological polar surface area (TPSA) is 37.3 Å². The smallest absolute Gasteiger partial charge is 0.331 e. The zero-order chi connectivity index (χ0) is 11.6. The van der Waals surface area contributed by atoms with Gasteiger partial charge in [-0.2, -0.15) is 0 Å². The largest absolute Gasteiger partial charge is 0.478 e. The summed E-state index contributed by atoms with van der Waals surface area (Å²) in [6, 6.07) is 2.81. The summed E-state index contributed by atoms with van der Waals surface area (Å²) in [6.45, 7) is 3.12. The molecule has 15 heavy (non-hydrogen) atoms. The minimum atomic E-state index is -1.09. The maximum atomic E-state index is 13.3. The van der Waals surface area contributed by atoms with E-state index in [0.29, 0.717) is 5.56 Å². The summed E-state index contributed by atoms with van der Waals surface area (Å²) in [5.41, 5.74) is 0.875. The average molecular weight is 229 g/mol. The summed E-state index contributed by atoms with van der Waals surface area (Å²) >= 11 is 5.87. The van der Waals surface area contributed by atoms with E-state index in [9.17, 15) is 9.18 Å². The summed E-state index contributed by atoms with van der Waals surface area (Å²) in [6.07, 6.45) is 1.23. The first-order chi connectivity index (χ1) is 6.93. The molecule has 0 saturated heterocycles. The zero-order valence-electron chi connectivity index (χ0n) is 8.34. The lowest BCUT2D eigenvalue weighted by atomic mass is 10.1. The highest BCUT2D eigenvalue weighted by Gasteiger charge is 2.09. The molecule has 0 atom stereocenters. The molecule has 0 aliphatic rings. The van der Waals surface area contributed by atoms with Crippen LogP contribution in [0.15, 0.2) is 17.7 Å². The lowest BCUT2D eigenvalue weighted by Gasteiger charge is -2.04. The Kier molecular flexibility index (Phi) is 3.48. The van der Waals surface area contributed by atoms with Gasteiger partial charge in [-0.3, -0.25) is 0 Å². The van der Waals surface area contributed by atoms with Gasteiger partial charge in [-0.25, -0.2) is 9.18 Å². The lowest BCUT2D eigenvalue weighted by molar-refractivity contribution is -0.132. The molecule has 0 amide bonds. The van der Waals surface area contributed by atoms with Crippen molar-refractivity contribution in [3.8, 4) is 0 Å². The Labute approximate surface area is 92.0 Å². The minimum Gasteiger partial charge on any atom is -0.478 e. The number of carbonyl (C=O) groups is 1. The second kappa shape index (κ2) is 4.45. The van der Waals surface area contributed by atoms with E-state index in [0.717, 1.165) is 0 Å². The van der Waals surface area contributed by atoms with Gasteiger partial charge in [-0.15, -0.1) is 0 Å². The molecule has 0 unspecified atom stereocenters. The van der Waals surface area contributed by atoms with Crippen LogP contribution in [0, 0.1) is 12.7 Å². The van der Waals surface area contributed by atoms with Crippen LogP contribution in [0.3, 0.4) is 0 Å². The van der Waals surface area contributed by atoms with Crippen molar-refractivity contribution in [1.82, 2.24) is 0 Å². The van der Waals surface area contributed by atoms with Crippen LogP contribution >= 0.6 is 11.6 Å². The molecular weight excluding hydrogens is 219 g/mol. The van der Waals surface area contributed by atoms with E-state index in [1.54, 1.807) is 13.0 Å². The molecule has 1 aromatic carbocycles. The third-order valence-electron chi connectivity index (χ3n) is 2.02. The molecule has 1 rings (SSSR count). The molecule has 0 fully saturated rings. The van der Waals surface area contributed by atoms with E-state index in [4.69, 9.17) is 16.7 Å². The molecule has 0 heterocycles. The van der Waals surface area contributed by atoms with Crippen molar-refractivity contribution in [1.29, 1.82) is 0 Å². The Morgan fingerprint density at radius 2 is 2.13 bits per heavy atom. The maximum Gasteiger partial charge on any atom is 0.331 e. The van der Waals surface area contributed by atoms with Crippen LogP contribution < -0.4 is 0 Å². The van der Waals surface area contributed by atoms with Crippen LogP contribution in [-0.2, 0) is 4.79 Å². The summed E-state index contributed by atoms with van der Waals surface area (Å²) in [7, 11) is 0. The fourth-order valence-corrected chi connectivity index (χ4v) is 1.30. The van der Waals surface area contributed by atoms with Crippen LogP contribution in [0.1, 0.15) is 18.1 Å². The van der Waals surface area contributed by atoms with E-state index in [1.165, 1.54) is 19.1 Å². The molecule has 80 valence electrons. The molecule has 0 spiro atoms. The number of aryl methyl sites for hydroxylation is 1. The van der Waals surface area contributed by atoms with E-state index < -0.39 is 11.8 Å². The predicted molar refractivity (Wildman–Crippen MR) is 57.4 cm³/mol. The standard InChI is InChI=1S/C11H10ClFO2/c1-6-3-4-9(13)8(10(6)12)5-7(2)11(14)15/h3-5H,1-2H3,(H,14,15)/b7-5+. The van der Waals surface area contributed by atoms with Crippen molar-refractivity contribution in [3.63, 3.8) is 0 Å². The van der Waals surface area contributed by atoms with Gasteiger partial charge in [-0.05, 0) is 31.6 Å². The molecule has 0 aliphatic carbocycles. The average Bonchev–Trinajstić information content (AvgIpc) is 2.18. The van der Waals surface area contributed by atoms with Gasteiger partial charge in [0.15, 0.2) is 0 Å². The van der Waals surface area contributed by atoms with E-state index in [2.05, 4.69) is 0 Å². The fraction of sp³-hybridized carbons (Fsp3) is 0.182. The van der Waals surface area contributed by atoms with E-state index in [-0.39, 0.29) is 16.2 Å². The van der Waals surface area contributed by atoms with Gasteiger partial charge in [0.2, 0.25) is 0 Å². The molecule has 0 saturated carbocycles. The number of rotatable bonds is 2. The molecule has 1 aromatic rings. The number of carboxylic acid groups (broad SMARTS) is 1. The Morgan fingerprint density at radius 1 is 1.53 bits per heavy atom. The van der Waals surface area contributed by atoms with Crippen LogP contribution in [0.5, 0.6) is 0 Å². The van der Waals surface area contributed by atoms with Crippen molar-refractivity contribution in [2.45, 2.75) is 13.8 Å². The minimum absolute atomic E-state index is 0.0430. The summed E-state index contributed by atoms with van der Waals surface area (Å²) in [4.78, 5) is 10.6. The summed E-state index contributed by atoms with van der Waals surface area (Å²) < 4.78 is 13.3. The highest BCUT2D eigenvalue weighted by atomic mass is 35.5. The zero-order valence-corrected chi connectivity index (χ0v) is 9.10. The van der Waals surface area contributed by atoms with Crippen molar-refractivity contribution >= 4 is 23.6 Å². The number of carboxylic acids is 1. The highest BCUT2D eigenvalue weighted by Crippen LogP contribution is 2.25. The molecule has 1 N–H and O–H groups in total. The molecule has 4 heteroatoms. The summed E-state index contributed by atoms with van der Waals surface area (Å²) in [5.74, 6) is -1.61. The highest BCUT2D eigenvalue weighted by molar-refractivity contribution is 6.33. The van der Waals surface area contributed by atoms with Gasteiger partial charge in [0.25, 0.3) is 0 Å². The van der Waals surface area contributed by atoms with E-state index in [1.807, 2.05) is 0 Å². The van der Waals surface area contributed by atoms with Crippen molar-refractivity contribution in [2.24, 2.45) is 0 Å². The van der Waals surface area contributed by atoms with Crippen molar-refractivity contribution < 1.29 is 14.3 Å². The van der Waals surface area contributed by atoms with Crippen molar-refractivity contribution in [3.05, 3.63) is 39.7 Å². The van der Waals surface area contributed by atoms with Gasteiger partial charge in [0, 0.05) is 11.1 Å². The second-order valence-corrected chi connectivity index (χ2v) is 3.60. The Hall–Kier alpha value is -1.35. The third kappa shape index (κ3) is 2.57. The van der Waals surface area contributed by atoms with E-state index >= 15 is 0 Å².